The van der Waals surface area contributed by atoms with E-state index in [9.17, 15) is 9.59 Å². The lowest BCUT2D eigenvalue weighted by atomic mass is 10.2. The molecule has 1 aliphatic heterocycles. The number of carbonyl (C=O) groups excluding carboxylic acids is 1. The van der Waals surface area contributed by atoms with E-state index in [0.717, 1.165) is 17.9 Å². The minimum Gasteiger partial charge on any atom is -0.480 e. The summed E-state index contributed by atoms with van der Waals surface area (Å²) >= 11 is 1.81. The quantitative estimate of drug-likeness (QED) is 0.776. The third-order valence-corrected chi connectivity index (χ3v) is 3.41. The third kappa shape index (κ3) is 3.92. The Morgan fingerprint density at radius 3 is 2.56 bits per heavy atom. The van der Waals surface area contributed by atoms with Crippen LogP contribution < -0.4 is 5.32 Å². The molecular weight excluding hydrogens is 228 g/mol. The third-order valence-electron chi connectivity index (χ3n) is 2.47. The monoisotopic (exact) mass is 246 g/mol. The molecule has 1 heterocycles. The first-order chi connectivity index (χ1) is 7.65. The van der Waals surface area contributed by atoms with Gasteiger partial charge in [0.05, 0.1) is 0 Å². The van der Waals surface area contributed by atoms with Gasteiger partial charge in [0, 0.05) is 24.6 Å². The molecule has 0 unspecified atom stereocenters. The van der Waals surface area contributed by atoms with Crippen molar-refractivity contribution in [1.29, 1.82) is 0 Å². The van der Waals surface area contributed by atoms with Crippen molar-refractivity contribution < 1.29 is 14.7 Å². The number of hydrogen-bond acceptors (Lipinski definition) is 3. The second-order valence-electron chi connectivity index (χ2n) is 3.73. The first kappa shape index (κ1) is 13.2. The second-order valence-corrected chi connectivity index (χ2v) is 4.95. The molecule has 16 heavy (non-hydrogen) atoms. The van der Waals surface area contributed by atoms with E-state index in [4.69, 9.17) is 5.11 Å². The molecule has 0 aromatic heterocycles. The Balaban J connectivity index is 2.43. The molecule has 92 valence electrons. The molecule has 5 nitrogen and oxygen atoms in total. The molecule has 1 aliphatic rings. The van der Waals surface area contributed by atoms with Crippen molar-refractivity contribution in [2.45, 2.75) is 25.8 Å². The lowest BCUT2D eigenvalue weighted by Crippen LogP contribution is -2.50. The van der Waals surface area contributed by atoms with Crippen molar-refractivity contribution in [2.75, 3.05) is 24.6 Å². The Hall–Kier alpha value is -0.910. The van der Waals surface area contributed by atoms with E-state index in [0.29, 0.717) is 19.5 Å². The van der Waals surface area contributed by atoms with Gasteiger partial charge in [-0.25, -0.2) is 9.59 Å². The topological polar surface area (TPSA) is 69.6 Å². The molecule has 0 radical (unpaired) electrons. The van der Waals surface area contributed by atoms with Crippen molar-refractivity contribution in [2.24, 2.45) is 0 Å². The summed E-state index contributed by atoms with van der Waals surface area (Å²) in [4.78, 5) is 24.3. The van der Waals surface area contributed by atoms with Crippen LogP contribution in [0.2, 0.25) is 0 Å². The van der Waals surface area contributed by atoms with Crippen molar-refractivity contribution >= 4 is 23.8 Å². The molecule has 0 saturated carbocycles. The number of urea groups is 1. The molecule has 2 amide bonds. The lowest BCUT2D eigenvalue weighted by Gasteiger charge is -2.28. The molecule has 0 aliphatic carbocycles. The van der Waals surface area contributed by atoms with E-state index in [1.54, 1.807) is 4.90 Å². The van der Waals surface area contributed by atoms with Gasteiger partial charge in [-0.2, -0.15) is 11.8 Å². The molecule has 1 saturated heterocycles. The molecule has 0 aromatic carbocycles. The molecule has 0 aromatic rings. The van der Waals surface area contributed by atoms with Crippen molar-refractivity contribution in [3.05, 3.63) is 0 Å². The normalized spacial score (nSPS) is 17.9. The Kier molecular flexibility index (Phi) is 5.45. The average Bonchev–Trinajstić information content (AvgIpc) is 2.29. The Bertz CT molecular complexity index is 254. The first-order valence-electron chi connectivity index (χ1n) is 5.51. The highest BCUT2D eigenvalue weighted by Crippen LogP contribution is 2.09. The van der Waals surface area contributed by atoms with Crippen LogP contribution in [0.1, 0.15) is 19.8 Å². The van der Waals surface area contributed by atoms with Gasteiger partial charge >= 0.3 is 12.0 Å². The standard InChI is InChI=1S/C10H18N2O3S/c1-2-3-8(9(13)14)11-10(15)12-4-6-16-7-5-12/h8H,2-7H2,1H3,(H,11,15)(H,13,14)/t8-/m1/s1. The molecule has 1 rings (SSSR count). The van der Waals surface area contributed by atoms with Crippen LogP contribution in [0.5, 0.6) is 0 Å². The number of aliphatic carboxylic acids is 1. The SMILES string of the molecule is CCC[C@@H](NC(=O)N1CCSCC1)C(=O)O. The summed E-state index contributed by atoms with van der Waals surface area (Å²) in [6.07, 6.45) is 1.22. The van der Waals surface area contributed by atoms with Gasteiger partial charge in [0.1, 0.15) is 6.04 Å². The fourth-order valence-corrected chi connectivity index (χ4v) is 2.46. The number of carboxylic acids is 1. The fourth-order valence-electron chi connectivity index (χ4n) is 1.55. The van der Waals surface area contributed by atoms with Gasteiger partial charge in [-0.3, -0.25) is 0 Å². The van der Waals surface area contributed by atoms with Crippen LogP contribution in [0.15, 0.2) is 0 Å². The number of thioether (sulfide) groups is 1. The van der Waals surface area contributed by atoms with Gasteiger partial charge in [0.25, 0.3) is 0 Å². The molecule has 2 N–H and O–H groups in total. The van der Waals surface area contributed by atoms with Crippen molar-refractivity contribution in [3.63, 3.8) is 0 Å². The van der Waals surface area contributed by atoms with Crippen LogP contribution in [0.25, 0.3) is 0 Å². The maximum Gasteiger partial charge on any atom is 0.326 e. The minimum absolute atomic E-state index is 0.249. The van der Waals surface area contributed by atoms with Crippen LogP contribution in [0, 0.1) is 0 Å². The number of nitrogens with one attached hydrogen (secondary N) is 1. The molecule has 6 heteroatoms. The van der Waals surface area contributed by atoms with E-state index < -0.39 is 12.0 Å². The Morgan fingerprint density at radius 1 is 1.44 bits per heavy atom. The highest BCUT2D eigenvalue weighted by atomic mass is 32.2. The summed E-state index contributed by atoms with van der Waals surface area (Å²) in [5.41, 5.74) is 0. The van der Waals surface area contributed by atoms with E-state index in [1.807, 2.05) is 18.7 Å². The fraction of sp³-hybridized carbons (Fsp3) is 0.800. The molecular formula is C10H18N2O3S. The number of rotatable bonds is 4. The maximum atomic E-state index is 11.7. The van der Waals surface area contributed by atoms with E-state index in [2.05, 4.69) is 5.32 Å². The lowest BCUT2D eigenvalue weighted by molar-refractivity contribution is -0.139. The number of carboxylic acid groups (broad SMARTS) is 1. The second kappa shape index (κ2) is 6.62. The highest BCUT2D eigenvalue weighted by molar-refractivity contribution is 7.99. The zero-order chi connectivity index (χ0) is 12.0. The predicted octanol–water partition coefficient (Wildman–Crippen LogP) is 0.998. The minimum atomic E-state index is -0.957. The summed E-state index contributed by atoms with van der Waals surface area (Å²) in [5.74, 6) is 0.902. The molecule has 1 fully saturated rings. The maximum absolute atomic E-state index is 11.7. The summed E-state index contributed by atoms with van der Waals surface area (Å²) in [6.45, 7) is 3.31. The van der Waals surface area contributed by atoms with Gasteiger partial charge in [-0.1, -0.05) is 13.3 Å². The summed E-state index contributed by atoms with van der Waals surface area (Å²) in [7, 11) is 0. The number of nitrogens with zero attached hydrogens (tertiary/aromatic N) is 1. The average molecular weight is 246 g/mol. The van der Waals surface area contributed by atoms with Crippen LogP contribution in [-0.4, -0.2) is 52.6 Å². The molecule has 0 bridgehead atoms. The van der Waals surface area contributed by atoms with Gasteiger partial charge in [-0.05, 0) is 6.42 Å². The van der Waals surface area contributed by atoms with Gasteiger partial charge in [0.2, 0.25) is 0 Å². The zero-order valence-electron chi connectivity index (χ0n) is 9.44. The summed E-state index contributed by atoms with van der Waals surface area (Å²) in [6, 6.07) is -1.01. The van der Waals surface area contributed by atoms with E-state index >= 15 is 0 Å². The summed E-state index contributed by atoms with van der Waals surface area (Å²) in [5, 5.41) is 11.5. The van der Waals surface area contributed by atoms with Gasteiger partial charge < -0.3 is 15.3 Å². The van der Waals surface area contributed by atoms with E-state index in [-0.39, 0.29) is 6.03 Å². The Morgan fingerprint density at radius 2 is 2.06 bits per heavy atom. The highest BCUT2D eigenvalue weighted by Gasteiger charge is 2.23. The van der Waals surface area contributed by atoms with Crippen LogP contribution in [0.3, 0.4) is 0 Å². The number of carbonyl (C=O) groups is 2. The summed E-state index contributed by atoms with van der Waals surface area (Å²) < 4.78 is 0. The number of hydrogen-bond donors (Lipinski definition) is 2. The first-order valence-corrected chi connectivity index (χ1v) is 6.66. The van der Waals surface area contributed by atoms with Crippen LogP contribution in [0.4, 0.5) is 4.79 Å². The number of amides is 2. The Labute approximate surface area is 99.6 Å². The van der Waals surface area contributed by atoms with Crippen LogP contribution in [-0.2, 0) is 4.79 Å². The van der Waals surface area contributed by atoms with Gasteiger partial charge in [-0.15, -0.1) is 0 Å². The van der Waals surface area contributed by atoms with Crippen LogP contribution >= 0.6 is 11.8 Å². The van der Waals surface area contributed by atoms with Crippen molar-refractivity contribution in [1.82, 2.24) is 10.2 Å². The molecule has 0 spiro atoms. The van der Waals surface area contributed by atoms with Gasteiger partial charge in [0.15, 0.2) is 0 Å². The zero-order valence-corrected chi connectivity index (χ0v) is 10.3. The smallest absolute Gasteiger partial charge is 0.326 e. The largest absolute Gasteiger partial charge is 0.480 e. The predicted molar refractivity (Wildman–Crippen MR) is 63.8 cm³/mol. The molecule has 1 atom stereocenters. The van der Waals surface area contributed by atoms with Crippen molar-refractivity contribution in [3.8, 4) is 0 Å². The van der Waals surface area contributed by atoms with E-state index in [1.165, 1.54) is 0 Å².